The zero-order chi connectivity index (χ0) is 13.0. The van der Waals surface area contributed by atoms with Gasteiger partial charge in [0, 0.05) is 23.8 Å². The SMILES string of the molecule is CCOc1cc(C)nc(N[C@@H]2CCCC[C@H]2N)n1. The molecule has 1 heterocycles. The van der Waals surface area contributed by atoms with Crippen LogP contribution >= 0.6 is 0 Å². The van der Waals surface area contributed by atoms with Gasteiger partial charge in [-0.3, -0.25) is 0 Å². The summed E-state index contributed by atoms with van der Waals surface area (Å²) in [5.74, 6) is 1.25. The van der Waals surface area contributed by atoms with Gasteiger partial charge in [0.25, 0.3) is 0 Å². The molecule has 1 aromatic heterocycles. The number of aryl methyl sites for hydroxylation is 1. The highest BCUT2D eigenvalue weighted by molar-refractivity contribution is 5.32. The van der Waals surface area contributed by atoms with E-state index in [0.29, 0.717) is 18.4 Å². The smallest absolute Gasteiger partial charge is 0.226 e. The Kier molecular flexibility index (Phi) is 4.36. The third kappa shape index (κ3) is 3.32. The monoisotopic (exact) mass is 250 g/mol. The summed E-state index contributed by atoms with van der Waals surface area (Å²) >= 11 is 0. The molecule has 100 valence electrons. The molecule has 0 bridgehead atoms. The first-order valence-corrected chi connectivity index (χ1v) is 6.69. The van der Waals surface area contributed by atoms with Crippen LogP contribution in [0, 0.1) is 6.92 Å². The normalized spacial score (nSPS) is 23.7. The van der Waals surface area contributed by atoms with E-state index >= 15 is 0 Å². The molecule has 0 amide bonds. The highest BCUT2D eigenvalue weighted by Crippen LogP contribution is 2.20. The lowest BCUT2D eigenvalue weighted by molar-refractivity contribution is 0.326. The van der Waals surface area contributed by atoms with Crippen LogP contribution in [-0.4, -0.2) is 28.7 Å². The van der Waals surface area contributed by atoms with Gasteiger partial charge in [0.1, 0.15) is 0 Å². The van der Waals surface area contributed by atoms with Crippen molar-refractivity contribution in [2.24, 2.45) is 5.73 Å². The van der Waals surface area contributed by atoms with Crippen LogP contribution in [0.25, 0.3) is 0 Å². The number of hydrogen-bond donors (Lipinski definition) is 2. The van der Waals surface area contributed by atoms with E-state index in [1.807, 2.05) is 19.9 Å². The Morgan fingerprint density at radius 2 is 2.17 bits per heavy atom. The molecule has 1 fully saturated rings. The van der Waals surface area contributed by atoms with Crippen molar-refractivity contribution in [3.8, 4) is 5.88 Å². The summed E-state index contributed by atoms with van der Waals surface area (Å²) in [6, 6.07) is 2.31. The Labute approximate surface area is 108 Å². The molecule has 0 spiro atoms. The van der Waals surface area contributed by atoms with Crippen molar-refractivity contribution in [3.63, 3.8) is 0 Å². The van der Waals surface area contributed by atoms with Gasteiger partial charge in [0.2, 0.25) is 11.8 Å². The topological polar surface area (TPSA) is 73.1 Å². The molecule has 1 aliphatic rings. The molecule has 0 radical (unpaired) electrons. The largest absolute Gasteiger partial charge is 0.478 e. The van der Waals surface area contributed by atoms with Crippen molar-refractivity contribution in [2.45, 2.75) is 51.6 Å². The Morgan fingerprint density at radius 1 is 1.39 bits per heavy atom. The first kappa shape index (κ1) is 13.1. The maximum Gasteiger partial charge on any atom is 0.226 e. The number of hydrogen-bond acceptors (Lipinski definition) is 5. The summed E-state index contributed by atoms with van der Waals surface area (Å²) in [7, 11) is 0. The third-order valence-electron chi connectivity index (χ3n) is 3.26. The number of anilines is 1. The number of rotatable bonds is 4. The Bertz CT molecular complexity index is 397. The average molecular weight is 250 g/mol. The molecule has 18 heavy (non-hydrogen) atoms. The van der Waals surface area contributed by atoms with Crippen LogP contribution in [0.5, 0.6) is 5.88 Å². The van der Waals surface area contributed by atoms with Crippen molar-refractivity contribution in [1.82, 2.24) is 9.97 Å². The van der Waals surface area contributed by atoms with Crippen LogP contribution in [0.4, 0.5) is 5.95 Å². The predicted molar refractivity (Wildman–Crippen MR) is 71.8 cm³/mol. The van der Waals surface area contributed by atoms with Gasteiger partial charge in [-0.1, -0.05) is 12.8 Å². The number of ether oxygens (including phenoxy) is 1. The number of nitrogens with one attached hydrogen (secondary N) is 1. The molecule has 0 unspecified atom stereocenters. The van der Waals surface area contributed by atoms with Crippen LogP contribution in [-0.2, 0) is 0 Å². The van der Waals surface area contributed by atoms with E-state index in [1.165, 1.54) is 12.8 Å². The van der Waals surface area contributed by atoms with Gasteiger partial charge in [-0.2, -0.15) is 4.98 Å². The van der Waals surface area contributed by atoms with Crippen molar-refractivity contribution >= 4 is 5.95 Å². The number of nitrogens with zero attached hydrogens (tertiary/aromatic N) is 2. The summed E-state index contributed by atoms with van der Waals surface area (Å²) < 4.78 is 5.42. The standard InChI is InChI=1S/C13H22N4O/c1-3-18-12-8-9(2)15-13(17-12)16-11-7-5-4-6-10(11)14/h8,10-11H,3-7,14H2,1-2H3,(H,15,16,17)/t10-,11-/m1/s1. The maximum atomic E-state index is 6.11. The quantitative estimate of drug-likeness (QED) is 0.853. The van der Waals surface area contributed by atoms with E-state index < -0.39 is 0 Å². The minimum Gasteiger partial charge on any atom is -0.478 e. The second-order valence-electron chi connectivity index (χ2n) is 4.80. The summed E-state index contributed by atoms with van der Waals surface area (Å²) in [4.78, 5) is 8.74. The lowest BCUT2D eigenvalue weighted by Gasteiger charge is -2.29. The van der Waals surface area contributed by atoms with Crippen LogP contribution in [0.1, 0.15) is 38.3 Å². The van der Waals surface area contributed by atoms with Gasteiger partial charge in [-0.15, -0.1) is 0 Å². The molecule has 1 saturated carbocycles. The van der Waals surface area contributed by atoms with Crippen LogP contribution < -0.4 is 15.8 Å². The van der Waals surface area contributed by atoms with E-state index in [4.69, 9.17) is 10.5 Å². The van der Waals surface area contributed by atoms with Gasteiger partial charge < -0.3 is 15.8 Å². The molecule has 5 nitrogen and oxygen atoms in total. The fourth-order valence-electron chi connectivity index (χ4n) is 2.33. The van der Waals surface area contributed by atoms with Gasteiger partial charge in [0.05, 0.1) is 6.61 Å². The Morgan fingerprint density at radius 3 is 2.89 bits per heavy atom. The van der Waals surface area contributed by atoms with Crippen LogP contribution in [0.2, 0.25) is 0 Å². The van der Waals surface area contributed by atoms with E-state index in [2.05, 4.69) is 15.3 Å². The van der Waals surface area contributed by atoms with Gasteiger partial charge >= 0.3 is 0 Å². The average Bonchev–Trinajstić information content (AvgIpc) is 2.32. The zero-order valence-corrected chi connectivity index (χ0v) is 11.1. The Hall–Kier alpha value is -1.36. The van der Waals surface area contributed by atoms with E-state index in [9.17, 15) is 0 Å². The van der Waals surface area contributed by atoms with Crippen molar-refractivity contribution < 1.29 is 4.74 Å². The maximum absolute atomic E-state index is 6.11. The van der Waals surface area contributed by atoms with Crippen LogP contribution in [0.3, 0.4) is 0 Å². The molecule has 0 aromatic carbocycles. The molecule has 1 aliphatic carbocycles. The summed E-state index contributed by atoms with van der Waals surface area (Å²) in [6.07, 6.45) is 4.60. The van der Waals surface area contributed by atoms with Gasteiger partial charge in [0.15, 0.2) is 0 Å². The Balaban J connectivity index is 2.07. The minimum absolute atomic E-state index is 0.193. The van der Waals surface area contributed by atoms with E-state index in [-0.39, 0.29) is 12.1 Å². The lowest BCUT2D eigenvalue weighted by atomic mass is 9.91. The predicted octanol–water partition coefficient (Wildman–Crippen LogP) is 1.87. The molecule has 3 N–H and O–H groups in total. The van der Waals surface area contributed by atoms with Gasteiger partial charge in [-0.25, -0.2) is 4.98 Å². The van der Waals surface area contributed by atoms with Crippen molar-refractivity contribution in [3.05, 3.63) is 11.8 Å². The zero-order valence-electron chi connectivity index (χ0n) is 11.1. The lowest BCUT2D eigenvalue weighted by Crippen LogP contribution is -2.43. The molecule has 0 saturated heterocycles. The first-order chi connectivity index (χ1) is 8.69. The highest BCUT2D eigenvalue weighted by Gasteiger charge is 2.22. The second kappa shape index (κ2) is 6.00. The molecule has 2 atom stereocenters. The summed E-state index contributed by atoms with van der Waals surface area (Å²) in [5.41, 5.74) is 7.02. The third-order valence-corrected chi connectivity index (χ3v) is 3.26. The van der Waals surface area contributed by atoms with E-state index in [1.54, 1.807) is 0 Å². The summed E-state index contributed by atoms with van der Waals surface area (Å²) in [6.45, 7) is 4.50. The molecule has 0 aliphatic heterocycles. The van der Waals surface area contributed by atoms with E-state index in [0.717, 1.165) is 18.5 Å². The number of nitrogens with two attached hydrogens (primary N) is 1. The first-order valence-electron chi connectivity index (χ1n) is 6.69. The molecule has 1 aromatic rings. The van der Waals surface area contributed by atoms with Crippen molar-refractivity contribution in [2.75, 3.05) is 11.9 Å². The minimum atomic E-state index is 0.193. The summed E-state index contributed by atoms with van der Waals surface area (Å²) in [5, 5.41) is 3.34. The van der Waals surface area contributed by atoms with Crippen molar-refractivity contribution in [1.29, 1.82) is 0 Å². The molecular weight excluding hydrogens is 228 g/mol. The van der Waals surface area contributed by atoms with Gasteiger partial charge in [-0.05, 0) is 26.7 Å². The highest BCUT2D eigenvalue weighted by atomic mass is 16.5. The second-order valence-corrected chi connectivity index (χ2v) is 4.80. The van der Waals surface area contributed by atoms with Crippen LogP contribution in [0.15, 0.2) is 6.07 Å². The number of aromatic nitrogens is 2. The molecule has 2 rings (SSSR count). The molecular formula is C13H22N4O. The fraction of sp³-hybridized carbons (Fsp3) is 0.692. The molecule has 5 heteroatoms. The fourth-order valence-corrected chi connectivity index (χ4v) is 2.33.